The number of nitrogens with zero attached hydrogens (tertiary/aromatic N) is 1. The van der Waals surface area contributed by atoms with Gasteiger partial charge in [0, 0.05) is 10.9 Å². The van der Waals surface area contributed by atoms with E-state index in [1.54, 1.807) is 18.2 Å². The third kappa shape index (κ3) is 4.65. The van der Waals surface area contributed by atoms with Crippen LogP contribution in [-0.2, 0) is 0 Å². The molecule has 4 heteroatoms. The lowest BCUT2D eigenvalue weighted by atomic mass is 10.0. The maximum atomic E-state index is 13.0. The molecule has 0 saturated heterocycles. The van der Waals surface area contributed by atoms with E-state index in [1.165, 1.54) is 0 Å². The summed E-state index contributed by atoms with van der Waals surface area (Å²) in [6.07, 6.45) is 7.37. The number of benzene rings is 4. The smallest absolute Gasteiger partial charge is 0.186 e. The van der Waals surface area contributed by atoms with E-state index in [0.717, 1.165) is 32.8 Å². The molecule has 1 aromatic heterocycles. The monoisotopic (exact) mass is 479 g/mol. The predicted octanol–water partition coefficient (Wildman–Crippen LogP) is 8.76. The van der Waals surface area contributed by atoms with Crippen molar-refractivity contribution < 1.29 is 4.79 Å². The minimum Gasteiger partial charge on any atom is -0.289 e. The standard InChI is InChI=1S/C30H19Cl2NO/c31-27-16-13-20(18-28(27)32)12-14-22-19-23(33-29-11-4-3-9-25(22)29)15-17-30(34)26-10-5-7-21-6-1-2-8-24(21)26/h1-19H/b14-12+,17-15+. The molecule has 0 radical (unpaired) electrons. The number of para-hydroxylation sites is 1. The molecule has 0 aliphatic carbocycles. The van der Waals surface area contributed by atoms with Gasteiger partial charge in [0.25, 0.3) is 0 Å². The van der Waals surface area contributed by atoms with E-state index in [2.05, 4.69) is 0 Å². The van der Waals surface area contributed by atoms with Crippen molar-refractivity contribution in [2.24, 2.45) is 0 Å². The molecule has 0 saturated carbocycles. The zero-order valence-corrected chi connectivity index (χ0v) is 19.6. The Bertz CT molecular complexity index is 1600. The van der Waals surface area contributed by atoms with Crippen LogP contribution in [0.25, 0.3) is 39.9 Å². The molecule has 34 heavy (non-hydrogen) atoms. The van der Waals surface area contributed by atoms with E-state index in [9.17, 15) is 4.79 Å². The van der Waals surface area contributed by atoms with Gasteiger partial charge in [-0.25, -0.2) is 4.98 Å². The number of pyridine rings is 1. The first kappa shape index (κ1) is 22.1. The van der Waals surface area contributed by atoms with E-state index in [4.69, 9.17) is 28.2 Å². The minimum absolute atomic E-state index is 0.0559. The summed E-state index contributed by atoms with van der Waals surface area (Å²) in [6, 6.07) is 29.1. The number of halogens is 2. The Balaban J connectivity index is 1.50. The summed E-state index contributed by atoms with van der Waals surface area (Å²) in [5.41, 5.74) is 4.18. The molecule has 5 aromatic rings. The van der Waals surface area contributed by atoms with Gasteiger partial charge in [-0.05, 0) is 58.3 Å². The SMILES string of the molecule is O=C(/C=C/c1cc(/C=C/c2ccc(Cl)c(Cl)c2)c2ccccc2n1)c1cccc2ccccc12. The van der Waals surface area contributed by atoms with Gasteiger partial charge in [-0.2, -0.15) is 0 Å². The quantitative estimate of drug-likeness (QED) is 0.186. The number of fused-ring (bicyclic) bond motifs is 2. The molecule has 5 rings (SSSR count). The van der Waals surface area contributed by atoms with Crippen LogP contribution in [0.1, 0.15) is 27.2 Å². The van der Waals surface area contributed by atoms with Gasteiger partial charge in [-0.1, -0.05) is 102 Å². The van der Waals surface area contributed by atoms with E-state index in [1.807, 2.05) is 97.1 Å². The maximum Gasteiger partial charge on any atom is 0.186 e. The minimum atomic E-state index is -0.0559. The van der Waals surface area contributed by atoms with Gasteiger partial charge in [0.15, 0.2) is 5.78 Å². The Hall–Kier alpha value is -3.72. The summed E-state index contributed by atoms with van der Waals surface area (Å²) in [5.74, 6) is -0.0559. The molecule has 0 fully saturated rings. The number of hydrogen-bond acceptors (Lipinski definition) is 2. The molecular formula is C30H19Cl2NO. The first-order valence-electron chi connectivity index (χ1n) is 10.8. The molecule has 0 spiro atoms. The van der Waals surface area contributed by atoms with Crippen LogP contribution in [-0.4, -0.2) is 10.8 Å². The second kappa shape index (κ2) is 9.64. The highest BCUT2D eigenvalue weighted by Gasteiger charge is 2.08. The van der Waals surface area contributed by atoms with Gasteiger partial charge in [0.2, 0.25) is 0 Å². The number of hydrogen-bond donors (Lipinski definition) is 0. The van der Waals surface area contributed by atoms with Crippen molar-refractivity contribution in [2.45, 2.75) is 0 Å². The first-order valence-corrected chi connectivity index (χ1v) is 11.6. The summed E-state index contributed by atoms with van der Waals surface area (Å²) >= 11 is 12.2. The summed E-state index contributed by atoms with van der Waals surface area (Å²) in [5, 5.41) is 4.04. The fourth-order valence-electron chi connectivity index (χ4n) is 3.94. The van der Waals surface area contributed by atoms with Gasteiger partial charge in [0.05, 0.1) is 21.3 Å². The molecule has 164 valence electrons. The van der Waals surface area contributed by atoms with E-state index >= 15 is 0 Å². The van der Waals surface area contributed by atoms with Crippen molar-refractivity contribution in [1.29, 1.82) is 0 Å². The molecule has 0 amide bonds. The second-order valence-corrected chi connectivity index (χ2v) is 8.70. The topological polar surface area (TPSA) is 30.0 Å². The van der Waals surface area contributed by atoms with Crippen LogP contribution in [0.15, 0.2) is 97.1 Å². The number of carbonyl (C=O) groups is 1. The summed E-state index contributed by atoms with van der Waals surface area (Å²) in [7, 11) is 0. The summed E-state index contributed by atoms with van der Waals surface area (Å²) in [4.78, 5) is 17.7. The third-order valence-electron chi connectivity index (χ3n) is 5.63. The second-order valence-electron chi connectivity index (χ2n) is 7.88. The molecule has 0 N–H and O–H groups in total. The largest absolute Gasteiger partial charge is 0.289 e. The van der Waals surface area contributed by atoms with E-state index in [0.29, 0.717) is 21.3 Å². The normalized spacial score (nSPS) is 11.7. The first-order chi connectivity index (χ1) is 16.6. The van der Waals surface area contributed by atoms with Crippen LogP contribution in [0.4, 0.5) is 0 Å². The average molecular weight is 480 g/mol. The fraction of sp³-hybridized carbons (Fsp3) is 0. The van der Waals surface area contributed by atoms with E-state index in [-0.39, 0.29) is 5.78 Å². The zero-order chi connectivity index (χ0) is 23.5. The molecule has 1 heterocycles. The van der Waals surface area contributed by atoms with Crippen molar-refractivity contribution in [1.82, 2.24) is 4.98 Å². The Morgan fingerprint density at radius 1 is 0.706 bits per heavy atom. The number of rotatable bonds is 5. The van der Waals surface area contributed by atoms with Crippen LogP contribution in [0.3, 0.4) is 0 Å². The van der Waals surface area contributed by atoms with Gasteiger partial charge < -0.3 is 0 Å². The van der Waals surface area contributed by atoms with Crippen molar-refractivity contribution in [3.05, 3.63) is 130 Å². The van der Waals surface area contributed by atoms with E-state index < -0.39 is 0 Å². The van der Waals surface area contributed by atoms with Gasteiger partial charge >= 0.3 is 0 Å². The molecule has 0 aliphatic heterocycles. The van der Waals surface area contributed by atoms with Crippen molar-refractivity contribution in [2.75, 3.05) is 0 Å². The lowest BCUT2D eigenvalue weighted by Gasteiger charge is -2.05. The van der Waals surface area contributed by atoms with Crippen LogP contribution >= 0.6 is 23.2 Å². The fourth-order valence-corrected chi connectivity index (χ4v) is 4.25. The molecule has 0 aliphatic rings. The molecule has 0 bridgehead atoms. The van der Waals surface area contributed by atoms with Crippen LogP contribution < -0.4 is 0 Å². The van der Waals surface area contributed by atoms with Crippen LogP contribution in [0, 0.1) is 0 Å². The lowest BCUT2D eigenvalue weighted by Crippen LogP contribution is -1.96. The summed E-state index contributed by atoms with van der Waals surface area (Å²) in [6.45, 7) is 0. The number of allylic oxidation sites excluding steroid dienone is 1. The third-order valence-corrected chi connectivity index (χ3v) is 6.37. The van der Waals surface area contributed by atoms with Crippen molar-refractivity contribution in [3.63, 3.8) is 0 Å². The van der Waals surface area contributed by atoms with Gasteiger partial charge in [-0.3, -0.25) is 4.79 Å². The molecule has 0 unspecified atom stereocenters. The van der Waals surface area contributed by atoms with Crippen LogP contribution in [0.2, 0.25) is 10.0 Å². The van der Waals surface area contributed by atoms with Gasteiger partial charge in [0.1, 0.15) is 0 Å². The summed E-state index contributed by atoms with van der Waals surface area (Å²) < 4.78 is 0. The van der Waals surface area contributed by atoms with Crippen LogP contribution in [0.5, 0.6) is 0 Å². The number of carbonyl (C=O) groups excluding carboxylic acids is 1. The Morgan fingerprint density at radius 2 is 1.47 bits per heavy atom. The Morgan fingerprint density at radius 3 is 2.32 bits per heavy atom. The highest BCUT2D eigenvalue weighted by molar-refractivity contribution is 6.42. The van der Waals surface area contributed by atoms with Crippen molar-refractivity contribution >= 4 is 68.9 Å². The lowest BCUT2D eigenvalue weighted by molar-refractivity contribution is 0.104. The molecule has 4 aromatic carbocycles. The molecule has 0 atom stereocenters. The highest BCUT2D eigenvalue weighted by Crippen LogP contribution is 2.26. The van der Waals surface area contributed by atoms with Crippen molar-refractivity contribution in [3.8, 4) is 0 Å². The number of ketones is 1. The zero-order valence-electron chi connectivity index (χ0n) is 18.1. The Kier molecular flexibility index (Phi) is 6.27. The number of aromatic nitrogens is 1. The highest BCUT2D eigenvalue weighted by atomic mass is 35.5. The maximum absolute atomic E-state index is 13.0. The Labute approximate surface area is 207 Å². The average Bonchev–Trinajstić information content (AvgIpc) is 2.87. The van der Waals surface area contributed by atoms with Gasteiger partial charge in [-0.15, -0.1) is 0 Å². The molecule has 2 nitrogen and oxygen atoms in total. The predicted molar refractivity (Wildman–Crippen MR) is 144 cm³/mol. The molecular weight excluding hydrogens is 461 g/mol.